The summed E-state index contributed by atoms with van der Waals surface area (Å²) < 4.78 is 0. The zero-order chi connectivity index (χ0) is 14.6. The Morgan fingerprint density at radius 3 is 2.06 bits per heavy atom. The molecule has 0 heterocycles. The Kier molecular flexibility index (Phi) is 6.35. The lowest BCUT2D eigenvalue weighted by atomic mass is 9.86. The summed E-state index contributed by atoms with van der Waals surface area (Å²) in [6.45, 7) is 13.6. The predicted octanol–water partition coefficient (Wildman–Crippen LogP) is 3.63. The van der Waals surface area contributed by atoms with Crippen molar-refractivity contribution < 1.29 is 9.90 Å². The second-order valence-electron chi connectivity index (χ2n) is 7.17. The van der Waals surface area contributed by atoms with E-state index in [9.17, 15) is 4.79 Å². The molecule has 0 rings (SSSR count). The van der Waals surface area contributed by atoms with Crippen molar-refractivity contribution in [3.8, 4) is 0 Å². The van der Waals surface area contributed by atoms with E-state index in [2.05, 4.69) is 39.6 Å². The molecule has 0 bridgehead atoms. The van der Waals surface area contributed by atoms with Crippen molar-refractivity contribution in [2.75, 3.05) is 13.6 Å². The van der Waals surface area contributed by atoms with Crippen molar-refractivity contribution in [3.05, 3.63) is 0 Å². The van der Waals surface area contributed by atoms with E-state index in [1.165, 1.54) is 0 Å². The Hall–Kier alpha value is -0.570. The molecule has 0 amide bonds. The smallest absolute Gasteiger partial charge is 0.309 e. The largest absolute Gasteiger partial charge is 0.481 e. The molecule has 3 heteroatoms. The van der Waals surface area contributed by atoms with Gasteiger partial charge in [-0.25, -0.2) is 0 Å². The van der Waals surface area contributed by atoms with Gasteiger partial charge in [-0.05, 0) is 52.6 Å². The second-order valence-corrected chi connectivity index (χ2v) is 7.17. The lowest BCUT2D eigenvalue weighted by Crippen LogP contribution is -2.39. The van der Waals surface area contributed by atoms with E-state index in [0.29, 0.717) is 6.04 Å². The minimum absolute atomic E-state index is 0.287. The van der Waals surface area contributed by atoms with Crippen molar-refractivity contribution in [2.45, 2.75) is 66.8 Å². The van der Waals surface area contributed by atoms with Crippen molar-refractivity contribution in [2.24, 2.45) is 10.8 Å². The average molecular weight is 257 g/mol. The van der Waals surface area contributed by atoms with Gasteiger partial charge in [-0.2, -0.15) is 0 Å². The van der Waals surface area contributed by atoms with Crippen LogP contribution in [0.1, 0.15) is 60.8 Å². The van der Waals surface area contributed by atoms with Gasteiger partial charge in [0.25, 0.3) is 0 Å². The van der Waals surface area contributed by atoms with Crippen LogP contribution in [0.3, 0.4) is 0 Å². The summed E-state index contributed by atoms with van der Waals surface area (Å²) in [7, 11) is 2.15. The maximum Gasteiger partial charge on any atom is 0.309 e. The van der Waals surface area contributed by atoms with Crippen LogP contribution in [0.2, 0.25) is 0 Å². The van der Waals surface area contributed by atoms with Crippen LogP contribution in [-0.2, 0) is 4.79 Å². The number of carboxylic acids is 1. The number of hydrogen-bond donors (Lipinski definition) is 1. The minimum atomic E-state index is -0.695. The first-order valence-corrected chi connectivity index (χ1v) is 6.92. The van der Waals surface area contributed by atoms with Gasteiger partial charge in [0.2, 0.25) is 0 Å². The lowest BCUT2D eigenvalue weighted by molar-refractivity contribution is -0.147. The van der Waals surface area contributed by atoms with Gasteiger partial charge in [0.05, 0.1) is 5.41 Å². The molecule has 18 heavy (non-hydrogen) atoms. The highest BCUT2D eigenvalue weighted by atomic mass is 16.4. The fourth-order valence-corrected chi connectivity index (χ4v) is 1.89. The van der Waals surface area contributed by atoms with E-state index >= 15 is 0 Å². The molecular formula is C15H31NO2. The van der Waals surface area contributed by atoms with E-state index in [4.69, 9.17) is 5.11 Å². The molecule has 0 aromatic carbocycles. The molecule has 0 aliphatic heterocycles. The molecule has 1 atom stereocenters. The van der Waals surface area contributed by atoms with E-state index in [-0.39, 0.29) is 5.41 Å². The maximum atomic E-state index is 11.0. The maximum absolute atomic E-state index is 11.0. The van der Waals surface area contributed by atoms with Crippen LogP contribution in [0.15, 0.2) is 0 Å². The molecule has 108 valence electrons. The topological polar surface area (TPSA) is 40.5 Å². The Morgan fingerprint density at radius 1 is 1.17 bits per heavy atom. The SMILES string of the molecule is CC(N(C)CCCCC(C)(C)C(=O)O)C(C)(C)C. The molecule has 3 nitrogen and oxygen atoms in total. The highest BCUT2D eigenvalue weighted by Gasteiger charge is 2.27. The summed E-state index contributed by atoms with van der Waals surface area (Å²) in [6.07, 6.45) is 2.79. The first kappa shape index (κ1) is 17.4. The second kappa shape index (κ2) is 6.55. The molecule has 0 aromatic heterocycles. The summed E-state index contributed by atoms with van der Waals surface area (Å²) in [5, 5.41) is 9.03. The summed E-state index contributed by atoms with van der Waals surface area (Å²) >= 11 is 0. The molecule has 0 aliphatic carbocycles. The Balaban J connectivity index is 3.97. The number of nitrogens with zero attached hydrogens (tertiary/aromatic N) is 1. The van der Waals surface area contributed by atoms with Crippen molar-refractivity contribution in [1.82, 2.24) is 4.90 Å². The zero-order valence-corrected chi connectivity index (χ0v) is 13.2. The fraction of sp³-hybridized carbons (Fsp3) is 0.933. The fourth-order valence-electron chi connectivity index (χ4n) is 1.89. The first-order chi connectivity index (χ1) is 7.98. The normalized spacial score (nSPS) is 14.9. The number of carboxylic acid groups (broad SMARTS) is 1. The van der Waals surface area contributed by atoms with Crippen LogP contribution >= 0.6 is 0 Å². The molecule has 0 aliphatic rings. The van der Waals surface area contributed by atoms with E-state index in [1.54, 1.807) is 13.8 Å². The van der Waals surface area contributed by atoms with Crippen molar-refractivity contribution in [3.63, 3.8) is 0 Å². The lowest BCUT2D eigenvalue weighted by Gasteiger charge is -2.35. The standard InChI is InChI=1S/C15H31NO2/c1-12(14(2,3)4)16(7)11-9-8-10-15(5,6)13(17)18/h12H,8-11H2,1-7H3,(H,17,18). The molecule has 0 spiro atoms. The Morgan fingerprint density at radius 2 is 1.67 bits per heavy atom. The number of carbonyl (C=O) groups is 1. The van der Waals surface area contributed by atoms with Gasteiger partial charge in [0.1, 0.15) is 0 Å². The molecule has 0 saturated heterocycles. The summed E-state index contributed by atoms with van der Waals surface area (Å²) in [5.74, 6) is -0.695. The third kappa shape index (κ3) is 5.85. The quantitative estimate of drug-likeness (QED) is 0.708. The number of unbranched alkanes of at least 4 members (excludes halogenated alkanes) is 1. The van der Waals surface area contributed by atoms with Crippen LogP contribution in [0.5, 0.6) is 0 Å². The zero-order valence-electron chi connectivity index (χ0n) is 13.2. The van der Waals surface area contributed by atoms with Crippen LogP contribution in [0.25, 0.3) is 0 Å². The average Bonchev–Trinajstić information content (AvgIpc) is 2.21. The Bertz CT molecular complexity index is 266. The molecule has 0 fully saturated rings. The van der Waals surface area contributed by atoms with E-state index < -0.39 is 11.4 Å². The highest BCUT2D eigenvalue weighted by molar-refractivity contribution is 5.73. The minimum Gasteiger partial charge on any atom is -0.481 e. The number of aliphatic carboxylic acids is 1. The third-order valence-corrected chi connectivity index (χ3v) is 4.06. The van der Waals surface area contributed by atoms with Gasteiger partial charge in [-0.15, -0.1) is 0 Å². The van der Waals surface area contributed by atoms with Gasteiger partial charge in [0, 0.05) is 6.04 Å². The van der Waals surface area contributed by atoms with Crippen LogP contribution in [0, 0.1) is 10.8 Å². The van der Waals surface area contributed by atoms with Crippen molar-refractivity contribution >= 4 is 5.97 Å². The van der Waals surface area contributed by atoms with Crippen LogP contribution < -0.4 is 0 Å². The highest BCUT2D eigenvalue weighted by Crippen LogP contribution is 2.25. The van der Waals surface area contributed by atoms with Gasteiger partial charge in [0.15, 0.2) is 0 Å². The Labute approximate surface area is 113 Å². The summed E-state index contributed by atoms with van der Waals surface area (Å²) in [6, 6.07) is 0.532. The van der Waals surface area contributed by atoms with Gasteiger partial charge >= 0.3 is 5.97 Å². The molecule has 0 saturated carbocycles. The number of hydrogen-bond acceptors (Lipinski definition) is 2. The van der Waals surface area contributed by atoms with Crippen molar-refractivity contribution in [1.29, 1.82) is 0 Å². The van der Waals surface area contributed by atoms with Crippen LogP contribution in [0.4, 0.5) is 0 Å². The molecule has 1 unspecified atom stereocenters. The predicted molar refractivity (Wildman–Crippen MR) is 76.8 cm³/mol. The molecule has 0 radical (unpaired) electrons. The van der Waals surface area contributed by atoms with E-state index in [0.717, 1.165) is 25.8 Å². The molecule has 0 aromatic rings. The first-order valence-electron chi connectivity index (χ1n) is 6.92. The summed E-state index contributed by atoms with van der Waals surface area (Å²) in [5.41, 5.74) is -0.302. The van der Waals surface area contributed by atoms with Gasteiger partial charge in [-0.3, -0.25) is 4.79 Å². The summed E-state index contributed by atoms with van der Waals surface area (Å²) in [4.78, 5) is 13.3. The third-order valence-electron chi connectivity index (χ3n) is 4.06. The van der Waals surface area contributed by atoms with Crippen LogP contribution in [-0.4, -0.2) is 35.6 Å². The number of rotatable bonds is 7. The van der Waals surface area contributed by atoms with Gasteiger partial charge in [-0.1, -0.05) is 27.2 Å². The monoisotopic (exact) mass is 257 g/mol. The molecule has 1 N–H and O–H groups in total. The van der Waals surface area contributed by atoms with E-state index in [1.807, 2.05) is 0 Å². The molecular weight excluding hydrogens is 226 g/mol. The van der Waals surface area contributed by atoms with Gasteiger partial charge < -0.3 is 10.0 Å².